The predicted molar refractivity (Wildman–Crippen MR) is 146 cm³/mol. The van der Waals surface area contributed by atoms with E-state index in [1.807, 2.05) is 54.6 Å². The van der Waals surface area contributed by atoms with E-state index >= 15 is 0 Å². The second-order valence-electron chi connectivity index (χ2n) is 8.75. The van der Waals surface area contributed by atoms with Gasteiger partial charge >= 0.3 is 10.1 Å². The quantitative estimate of drug-likeness (QED) is 0.329. The minimum Gasteiger partial charge on any atom is -0.378 e. The van der Waals surface area contributed by atoms with E-state index in [1.54, 1.807) is 20.3 Å². The van der Waals surface area contributed by atoms with Crippen molar-refractivity contribution in [2.45, 2.75) is 16.6 Å². The summed E-state index contributed by atoms with van der Waals surface area (Å²) in [4.78, 5) is 2.21. The molecule has 0 unspecified atom stereocenters. The molecule has 3 heterocycles. The molecule has 2 aromatic carbocycles. The summed E-state index contributed by atoms with van der Waals surface area (Å²) < 4.78 is 65.6. The molecule has 0 aliphatic carbocycles. The second-order valence-corrected chi connectivity index (χ2v) is 11.9. The highest BCUT2D eigenvalue weighted by Gasteiger charge is 2.28. The van der Waals surface area contributed by atoms with Crippen LogP contribution in [-0.4, -0.2) is 67.3 Å². The first-order valence-electron chi connectivity index (χ1n) is 12.0. The third kappa shape index (κ3) is 7.23. The largest absolute Gasteiger partial charge is 0.378 e. The van der Waals surface area contributed by atoms with Crippen molar-refractivity contribution in [3.63, 3.8) is 0 Å². The molecule has 1 saturated heterocycles. The first-order valence-corrected chi connectivity index (χ1v) is 14.9. The van der Waals surface area contributed by atoms with Gasteiger partial charge in [-0.25, -0.2) is 0 Å². The van der Waals surface area contributed by atoms with Crippen LogP contribution in [0.3, 0.4) is 0 Å². The summed E-state index contributed by atoms with van der Waals surface area (Å²) in [7, 11) is -4.66. The summed E-state index contributed by atoms with van der Waals surface area (Å²) in [6.07, 6.45) is 3.07. The van der Waals surface area contributed by atoms with Crippen molar-refractivity contribution in [3.05, 3.63) is 84.7 Å². The molecule has 2 aromatic heterocycles. The van der Waals surface area contributed by atoms with Gasteiger partial charge in [-0.05, 0) is 35.9 Å². The van der Waals surface area contributed by atoms with Crippen molar-refractivity contribution in [2.75, 3.05) is 35.5 Å². The topological polar surface area (TPSA) is 140 Å². The van der Waals surface area contributed by atoms with Crippen molar-refractivity contribution in [2.24, 2.45) is 14.1 Å². The minimum atomic E-state index is -4.11. The monoisotopic (exact) mass is 574 g/mol. The molecule has 1 N–H and O–H groups in total. The molecule has 39 heavy (non-hydrogen) atoms. The van der Waals surface area contributed by atoms with Crippen molar-refractivity contribution in [3.8, 4) is 0 Å². The van der Waals surface area contributed by atoms with Crippen molar-refractivity contribution in [1.29, 1.82) is 0 Å². The maximum absolute atomic E-state index is 13.5. The Morgan fingerprint density at radius 3 is 2.00 bits per heavy atom. The van der Waals surface area contributed by atoms with Crippen molar-refractivity contribution < 1.29 is 26.1 Å². The van der Waals surface area contributed by atoms with Gasteiger partial charge in [-0.3, -0.25) is 18.2 Å². The number of benzene rings is 2. The lowest BCUT2D eigenvalue weighted by molar-refractivity contribution is 0.122. The van der Waals surface area contributed by atoms with Crippen LogP contribution in [-0.2, 0) is 45.5 Å². The number of aromatic nitrogens is 4. The molecular weight excluding hydrogens is 544 g/mol. The van der Waals surface area contributed by atoms with E-state index < -0.39 is 20.1 Å². The lowest BCUT2D eigenvalue weighted by Crippen LogP contribution is -2.36. The van der Waals surface area contributed by atoms with E-state index in [2.05, 4.69) is 15.1 Å². The first-order chi connectivity index (χ1) is 18.5. The van der Waals surface area contributed by atoms with E-state index in [9.17, 15) is 16.8 Å². The number of aryl methyl sites for hydroxylation is 2. The number of hydrogen-bond donors (Lipinski definition) is 1. The zero-order valence-electron chi connectivity index (χ0n) is 21.5. The average molecular weight is 575 g/mol. The van der Waals surface area contributed by atoms with E-state index in [0.717, 1.165) is 24.3 Å². The molecule has 5 rings (SSSR count). The third-order valence-electron chi connectivity index (χ3n) is 5.86. The molecule has 14 heteroatoms. The maximum Gasteiger partial charge on any atom is 0.313 e. The van der Waals surface area contributed by atoms with Crippen LogP contribution in [0.4, 0.5) is 11.4 Å². The highest BCUT2D eigenvalue weighted by Crippen LogP contribution is 2.29. The van der Waals surface area contributed by atoms with Crippen molar-refractivity contribution >= 4 is 31.5 Å². The van der Waals surface area contributed by atoms with Crippen LogP contribution in [0.5, 0.6) is 0 Å². The normalized spacial score (nSPS) is 14.0. The maximum atomic E-state index is 13.5. The Kier molecular flexibility index (Phi) is 8.70. The number of hydrogen-bond acceptors (Lipinski definition) is 8. The molecule has 0 radical (unpaired) electrons. The zero-order valence-corrected chi connectivity index (χ0v) is 23.2. The fourth-order valence-corrected chi connectivity index (χ4v) is 5.77. The Hall–Kier alpha value is -3.72. The Morgan fingerprint density at radius 2 is 1.46 bits per heavy atom. The van der Waals surface area contributed by atoms with Gasteiger partial charge in [0.2, 0.25) is 5.03 Å². The molecule has 1 aliphatic heterocycles. The fourth-order valence-electron chi connectivity index (χ4n) is 3.91. The van der Waals surface area contributed by atoms with Gasteiger partial charge in [-0.15, -0.1) is 0 Å². The lowest BCUT2D eigenvalue weighted by atomic mass is 10.2. The summed E-state index contributed by atoms with van der Waals surface area (Å²) in [6, 6.07) is 20.0. The third-order valence-corrected chi connectivity index (χ3v) is 8.27. The van der Waals surface area contributed by atoms with E-state index in [-0.39, 0.29) is 16.6 Å². The SMILES string of the molecule is Cn1ccc(S(=O)(=O)N(Cc2ccccc2)c2cccc(N3CCOCC3)c2)n1.Cn1ccc(S(=O)(=O)O)n1. The summed E-state index contributed by atoms with van der Waals surface area (Å²) in [5.41, 5.74) is 2.51. The fraction of sp³-hybridized carbons (Fsp3) is 0.280. The summed E-state index contributed by atoms with van der Waals surface area (Å²) in [5, 5.41) is 7.31. The first kappa shape index (κ1) is 28.3. The van der Waals surface area contributed by atoms with Crippen LogP contribution < -0.4 is 9.21 Å². The highest BCUT2D eigenvalue weighted by atomic mass is 32.2. The Bertz CT molecular complexity index is 1600. The van der Waals surface area contributed by atoms with Gasteiger partial charge in [0.05, 0.1) is 25.4 Å². The number of sulfonamides is 1. The van der Waals surface area contributed by atoms with Gasteiger partial charge in [0.15, 0.2) is 5.03 Å². The molecule has 12 nitrogen and oxygen atoms in total. The summed E-state index contributed by atoms with van der Waals surface area (Å²) >= 11 is 0. The van der Waals surface area contributed by atoms with Crippen LogP contribution in [0.25, 0.3) is 0 Å². The molecule has 0 atom stereocenters. The summed E-state index contributed by atoms with van der Waals surface area (Å²) in [6.45, 7) is 3.14. The van der Waals surface area contributed by atoms with Crippen LogP contribution in [0, 0.1) is 0 Å². The minimum absolute atomic E-state index is 0.0349. The van der Waals surface area contributed by atoms with Crippen LogP contribution >= 0.6 is 0 Å². The van der Waals surface area contributed by atoms with E-state index in [1.165, 1.54) is 32.0 Å². The standard InChI is InChI=1S/C21H24N4O3S.C4H6N2O3S/c1-23-11-10-21(22-23)29(26,27)25(17-18-6-3-2-4-7-18)20-9-5-8-19(16-20)24-12-14-28-15-13-24;1-6-3-2-4(5-6)10(7,8)9/h2-11,16H,12-15,17H2,1H3;2-3H,1H3,(H,7,8,9). The molecule has 1 aliphatic rings. The number of morpholine rings is 1. The number of rotatable bonds is 7. The molecule has 4 aromatic rings. The molecule has 0 spiro atoms. The van der Waals surface area contributed by atoms with Crippen LogP contribution in [0.15, 0.2) is 89.2 Å². The number of ether oxygens (including phenoxy) is 1. The molecule has 208 valence electrons. The van der Waals surface area contributed by atoms with E-state index in [0.29, 0.717) is 18.9 Å². The van der Waals surface area contributed by atoms with Crippen molar-refractivity contribution in [1.82, 2.24) is 19.6 Å². The van der Waals surface area contributed by atoms with Gasteiger partial charge in [-0.2, -0.15) is 27.0 Å². The number of anilines is 2. The molecule has 0 amide bonds. The van der Waals surface area contributed by atoms with Gasteiger partial charge in [-0.1, -0.05) is 36.4 Å². The molecule has 0 bridgehead atoms. The summed E-state index contributed by atoms with van der Waals surface area (Å²) in [5.74, 6) is 0. The Morgan fingerprint density at radius 1 is 0.846 bits per heavy atom. The molecule has 1 fully saturated rings. The van der Waals surface area contributed by atoms with Gasteiger partial charge in [0.25, 0.3) is 10.0 Å². The second kappa shape index (κ2) is 12.0. The zero-order chi connectivity index (χ0) is 28.0. The lowest BCUT2D eigenvalue weighted by Gasteiger charge is -2.30. The average Bonchev–Trinajstić information content (AvgIpc) is 3.57. The predicted octanol–water partition coefficient (Wildman–Crippen LogP) is 2.32. The van der Waals surface area contributed by atoms with E-state index in [4.69, 9.17) is 9.29 Å². The number of nitrogens with zero attached hydrogens (tertiary/aromatic N) is 6. The van der Waals surface area contributed by atoms with Gasteiger partial charge in [0, 0.05) is 45.3 Å². The molecule has 0 saturated carbocycles. The van der Waals surface area contributed by atoms with Gasteiger partial charge in [0.1, 0.15) is 0 Å². The Balaban J connectivity index is 0.000000298. The molecular formula is C25H30N6O6S2. The highest BCUT2D eigenvalue weighted by molar-refractivity contribution is 7.92. The van der Waals surface area contributed by atoms with Crippen LogP contribution in [0.1, 0.15) is 5.56 Å². The smallest absolute Gasteiger partial charge is 0.313 e. The Labute approximate surface area is 227 Å². The van der Waals surface area contributed by atoms with Crippen LogP contribution in [0.2, 0.25) is 0 Å². The van der Waals surface area contributed by atoms with Gasteiger partial charge < -0.3 is 9.64 Å².